The minimum absolute atomic E-state index is 0.0471. The maximum atomic E-state index is 11.4. The molecule has 0 aromatic heterocycles. The third-order valence-corrected chi connectivity index (χ3v) is 3.03. The molecule has 16 heavy (non-hydrogen) atoms. The first-order chi connectivity index (χ1) is 7.52. The third-order valence-electron chi connectivity index (χ3n) is 3.03. The largest absolute Gasteiger partial charge is 0.388 e. The molecular formula is C12H24N2O2. The maximum Gasteiger partial charge on any atom is 0.220 e. The van der Waals surface area contributed by atoms with Crippen LogP contribution in [0.2, 0.25) is 0 Å². The Balaban J connectivity index is 1.98. The van der Waals surface area contributed by atoms with Gasteiger partial charge >= 0.3 is 0 Å². The first kappa shape index (κ1) is 13.5. The fourth-order valence-corrected chi connectivity index (χ4v) is 1.75. The van der Waals surface area contributed by atoms with Crippen LogP contribution in [0.4, 0.5) is 0 Å². The van der Waals surface area contributed by atoms with E-state index in [0.717, 1.165) is 32.2 Å². The molecule has 1 aliphatic rings. The average Bonchev–Trinajstić information content (AvgIpc) is 2.18. The monoisotopic (exact) mass is 228 g/mol. The van der Waals surface area contributed by atoms with E-state index in [0.29, 0.717) is 19.0 Å². The predicted octanol–water partition coefficient (Wildman–Crippen LogP) is 0.796. The highest BCUT2D eigenvalue weighted by Crippen LogP contribution is 2.30. The van der Waals surface area contributed by atoms with Gasteiger partial charge in [0.1, 0.15) is 0 Å². The zero-order valence-electron chi connectivity index (χ0n) is 10.4. The van der Waals surface area contributed by atoms with Crippen molar-refractivity contribution in [2.24, 2.45) is 0 Å². The van der Waals surface area contributed by atoms with E-state index >= 15 is 0 Å². The summed E-state index contributed by atoms with van der Waals surface area (Å²) in [5.41, 5.74) is -0.605. The van der Waals surface area contributed by atoms with Crippen LogP contribution < -0.4 is 10.6 Å². The van der Waals surface area contributed by atoms with E-state index < -0.39 is 5.60 Å². The molecule has 0 aromatic rings. The molecule has 0 aliphatic heterocycles. The molecule has 0 bridgehead atoms. The summed E-state index contributed by atoms with van der Waals surface area (Å²) in [6.07, 6.45) is 4.10. The first-order valence-corrected chi connectivity index (χ1v) is 6.24. The Labute approximate surface area is 97.8 Å². The summed E-state index contributed by atoms with van der Waals surface area (Å²) in [7, 11) is 0. The predicted molar refractivity (Wildman–Crippen MR) is 64.2 cm³/mol. The Morgan fingerprint density at radius 1 is 1.44 bits per heavy atom. The molecule has 0 spiro atoms. The SMILES string of the molecule is CC(C)NCCCC(=O)NCC1(O)CCC1. The second kappa shape index (κ2) is 6.21. The summed E-state index contributed by atoms with van der Waals surface area (Å²) in [5, 5.41) is 15.8. The van der Waals surface area contributed by atoms with Gasteiger partial charge in [0.05, 0.1) is 5.60 Å². The van der Waals surface area contributed by atoms with Gasteiger partial charge in [-0.25, -0.2) is 0 Å². The van der Waals surface area contributed by atoms with E-state index in [9.17, 15) is 9.90 Å². The number of hydrogen-bond donors (Lipinski definition) is 3. The quantitative estimate of drug-likeness (QED) is 0.565. The van der Waals surface area contributed by atoms with Crippen LogP contribution in [0.3, 0.4) is 0 Å². The summed E-state index contributed by atoms with van der Waals surface area (Å²) in [6, 6.07) is 0.471. The Morgan fingerprint density at radius 3 is 2.62 bits per heavy atom. The first-order valence-electron chi connectivity index (χ1n) is 6.24. The Hall–Kier alpha value is -0.610. The van der Waals surface area contributed by atoms with Gasteiger partial charge < -0.3 is 15.7 Å². The summed E-state index contributed by atoms with van der Waals surface area (Å²) in [6.45, 7) is 5.47. The molecule has 4 heteroatoms. The zero-order chi connectivity index (χ0) is 12.0. The fourth-order valence-electron chi connectivity index (χ4n) is 1.75. The Morgan fingerprint density at radius 2 is 2.12 bits per heavy atom. The Kier molecular flexibility index (Phi) is 5.22. The summed E-state index contributed by atoms with van der Waals surface area (Å²) in [4.78, 5) is 11.4. The molecule has 1 rings (SSSR count). The highest BCUT2D eigenvalue weighted by molar-refractivity contribution is 5.75. The van der Waals surface area contributed by atoms with Crippen LogP contribution in [-0.2, 0) is 4.79 Å². The summed E-state index contributed by atoms with van der Waals surface area (Å²) < 4.78 is 0. The number of nitrogens with one attached hydrogen (secondary N) is 2. The lowest BCUT2D eigenvalue weighted by Crippen LogP contribution is -2.47. The van der Waals surface area contributed by atoms with Crippen molar-refractivity contribution in [3.8, 4) is 0 Å². The molecule has 1 fully saturated rings. The van der Waals surface area contributed by atoms with Crippen molar-refractivity contribution in [1.29, 1.82) is 0 Å². The lowest BCUT2D eigenvalue weighted by atomic mass is 9.80. The van der Waals surface area contributed by atoms with Crippen LogP contribution in [0.5, 0.6) is 0 Å². The van der Waals surface area contributed by atoms with E-state index in [4.69, 9.17) is 0 Å². The second-order valence-electron chi connectivity index (χ2n) is 5.07. The molecule has 1 aliphatic carbocycles. The van der Waals surface area contributed by atoms with Crippen molar-refractivity contribution in [3.63, 3.8) is 0 Å². The molecule has 1 saturated carbocycles. The molecule has 3 N–H and O–H groups in total. The zero-order valence-corrected chi connectivity index (χ0v) is 10.4. The van der Waals surface area contributed by atoms with E-state index in [1.165, 1.54) is 0 Å². The maximum absolute atomic E-state index is 11.4. The van der Waals surface area contributed by atoms with Crippen LogP contribution in [0.25, 0.3) is 0 Å². The standard InChI is InChI=1S/C12H24N2O2/c1-10(2)13-8-3-5-11(15)14-9-12(16)6-4-7-12/h10,13,16H,3-9H2,1-2H3,(H,14,15). The number of carbonyl (C=O) groups excluding carboxylic acids is 1. The van der Waals surface area contributed by atoms with Crippen LogP contribution in [-0.4, -0.2) is 35.7 Å². The number of amides is 1. The highest BCUT2D eigenvalue weighted by Gasteiger charge is 2.34. The van der Waals surface area contributed by atoms with Crippen molar-refractivity contribution in [2.75, 3.05) is 13.1 Å². The minimum Gasteiger partial charge on any atom is -0.388 e. The van der Waals surface area contributed by atoms with Crippen molar-refractivity contribution in [3.05, 3.63) is 0 Å². The molecule has 0 unspecified atom stereocenters. The molecule has 4 nitrogen and oxygen atoms in total. The van der Waals surface area contributed by atoms with Crippen molar-refractivity contribution in [1.82, 2.24) is 10.6 Å². The topological polar surface area (TPSA) is 61.4 Å². The van der Waals surface area contributed by atoms with Crippen LogP contribution in [0.1, 0.15) is 46.0 Å². The lowest BCUT2D eigenvalue weighted by Gasteiger charge is -2.36. The van der Waals surface area contributed by atoms with E-state index in [2.05, 4.69) is 24.5 Å². The normalized spacial score (nSPS) is 18.2. The van der Waals surface area contributed by atoms with Gasteiger partial charge in [-0.2, -0.15) is 0 Å². The van der Waals surface area contributed by atoms with Crippen molar-refractivity contribution >= 4 is 5.91 Å². The van der Waals surface area contributed by atoms with Crippen molar-refractivity contribution < 1.29 is 9.90 Å². The van der Waals surface area contributed by atoms with Gasteiger partial charge in [-0.1, -0.05) is 13.8 Å². The van der Waals surface area contributed by atoms with Crippen LogP contribution in [0.15, 0.2) is 0 Å². The van der Waals surface area contributed by atoms with E-state index in [1.54, 1.807) is 0 Å². The number of rotatable bonds is 7. The summed E-state index contributed by atoms with van der Waals surface area (Å²) in [5.74, 6) is 0.0471. The summed E-state index contributed by atoms with van der Waals surface area (Å²) >= 11 is 0. The molecule has 0 radical (unpaired) electrons. The van der Waals surface area contributed by atoms with Crippen molar-refractivity contribution in [2.45, 2.75) is 57.6 Å². The van der Waals surface area contributed by atoms with Gasteiger partial charge in [-0.15, -0.1) is 0 Å². The molecule has 1 amide bonds. The molecule has 0 heterocycles. The number of aliphatic hydroxyl groups is 1. The average molecular weight is 228 g/mol. The van der Waals surface area contributed by atoms with Gasteiger partial charge in [0.15, 0.2) is 0 Å². The van der Waals surface area contributed by atoms with Gasteiger partial charge in [0.25, 0.3) is 0 Å². The van der Waals surface area contributed by atoms with Crippen LogP contribution >= 0.6 is 0 Å². The van der Waals surface area contributed by atoms with Crippen LogP contribution in [0, 0.1) is 0 Å². The van der Waals surface area contributed by atoms with Gasteiger partial charge in [-0.05, 0) is 32.2 Å². The molecule has 0 atom stereocenters. The van der Waals surface area contributed by atoms with E-state index in [-0.39, 0.29) is 5.91 Å². The van der Waals surface area contributed by atoms with Gasteiger partial charge in [-0.3, -0.25) is 4.79 Å². The van der Waals surface area contributed by atoms with Gasteiger partial charge in [0, 0.05) is 19.0 Å². The van der Waals surface area contributed by atoms with E-state index in [1.807, 2.05) is 0 Å². The molecule has 94 valence electrons. The molecular weight excluding hydrogens is 204 g/mol. The Bertz CT molecular complexity index is 225. The molecule has 0 saturated heterocycles. The lowest BCUT2D eigenvalue weighted by molar-refractivity contribution is -0.123. The fraction of sp³-hybridized carbons (Fsp3) is 0.917. The van der Waals surface area contributed by atoms with Gasteiger partial charge in [0.2, 0.25) is 5.91 Å². The highest BCUT2D eigenvalue weighted by atomic mass is 16.3. The number of carbonyl (C=O) groups is 1. The number of hydrogen-bond acceptors (Lipinski definition) is 3. The third kappa shape index (κ3) is 4.94. The smallest absolute Gasteiger partial charge is 0.220 e. The second-order valence-corrected chi connectivity index (χ2v) is 5.07. The molecule has 0 aromatic carbocycles. The minimum atomic E-state index is -0.605.